The van der Waals surface area contributed by atoms with Crippen LogP contribution in [0.25, 0.3) is 10.9 Å². The average Bonchev–Trinajstić information content (AvgIpc) is 2.91. The van der Waals surface area contributed by atoms with Gasteiger partial charge in [0.05, 0.1) is 26.3 Å². The van der Waals surface area contributed by atoms with E-state index in [1.54, 1.807) is 32.2 Å². The molecule has 1 N–H and O–H groups in total. The Labute approximate surface area is 227 Å². The van der Waals surface area contributed by atoms with Crippen molar-refractivity contribution < 1.29 is 23.7 Å². The number of carbonyl (C=O) groups is 1. The minimum absolute atomic E-state index is 0.354. The number of aromatic nitrogens is 1. The molecule has 0 aliphatic heterocycles. The third kappa shape index (κ3) is 6.69. The van der Waals surface area contributed by atoms with E-state index < -0.39 is 6.09 Å². The molecule has 7 nitrogen and oxygen atoms in total. The van der Waals surface area contributed by atoms with Gasteiger partial charge in [-0.05, 0) is 74.7 Å². The Hall–Kier alpha value is -3.91. The Bertz CT molecular complexity index is 1420. The molecule has 3 aromatic carbocycles. The van der Waals surface area contributed by atoms with E-state index >= 15 is 0 Å². The lowest BCUT2D eigenvalue weighted by molar-refractivity contribution is 0.162. The molecule has 1 heterocycles. The zero-order valence-corrected chi connectivity index (χ0v) is 23.1. The molecule has 0 unspecified atom stereocenters. The Morgan fingerprint density at radius 3 is 2.34 bits per heavy atom. The largest absolute Gasteiger partial charge is 0.493 e. The van der Waals surface area contributed by atoms with E-state index in [0.29, 0.717) is 35.3 Å². The molecule has 0 atom stereocenters. The predicted molar refractivity (Wildman–Crippen MR) is 152 cm³/mol. The minimum Gasteiger partial charge on any atom is -0.493 e. The number of fused-ring (bicyclic) bond motifs is 1. The number of hydrogen-bond donors (Lipinski definition) is 1. The highest BCUT2D eigenvalue weighted by Gasteiger charge is 2.14. The smallest absolute Gasteiger partial charge is 0.411 e. The number of nitrogens with zero attached hydrogens (tertiary/aromatic N) is 1. The van der Waals surface area contributed by atoms with Crippen LogP contribution in [0, 0.1) is 20.8 Å². The fourth-order valence-electron chi connectivity index (χ4n) is 3.88. The Balaban J connectivity index is 1.37. The summed E-state index contributed by atoms with van der Waals surface area (Å²) in [4.78, 5) is 18.0. The summed E-state index contributed by atoms with van der Waals surface area (Å²) in [5.74, 6) is 3.39. The molecule has 8 heteroatoms. The summed E-state index contributed by atoms with van der Waals surface area (Å²) in [5, 5.41) is 3.65. The van der Waals surface area contributed by atoms with Crippen LogP contribution in [-0.4, -0.2) is 37.7 Å². The van der Waals surface area contributed by atoms with Crippen LogP contribution in [0.4, 0.5) is 10.5 Å². The number of amides is 1. The number of nitrogens with one attached hydrogen (secondary N) is 1. The highest BCUT2D eigenvalue weighted by molar-refractivity contribution is 7.99. The predicted octanol–water partition coefficient (Wildman–Crippen LogP) is 7.70. The molecule has 38 heavy (non-hydrogen) atoms. The first kappa shape index (κ1) is 27.1. The minimum atomic E-state index is -0.470. The van der Waals surface area contributed by atoms with Gasteiger partial charge in [0.25, 0.3) is 0 Å². The summed E-state index contributed by atoms with van der Waals surface area (Å²) in [5.41, 5.74) is 4.38. The van der Waals surface area contributed by atoms with Crippen molar-refractivity contribution in [3.63, 3.8) is 0 Å². The monoisotopic (exact) mass is 532 g/mol. The molecule has 1 amide bonds. The number of carbonyl (C=O) groups excluding carboxylic acids is 1. The van der Waals surface area contributed by atoms with Crippen molar-refractivity contribution >= 4 is 34.4 Å². The molecule has 4 aromatic rings. The van der Waals surface area contributed by atoms with Gasteiger partial charge in [0.15, 0.2) is 11.5 Å². The summed E-state index contributed by atoms with van der Waals surface area (Å²) < 4.78 is 22.5. The van der Waals surface area contributed by atoms with Gasteiger partial charge in [-0.15, -0.1) is 11.8 Å². The van der Waals surface area contributed by atoms with Crippen LogP contribution in [-0.2, 0) is 4.74 Å². The highest BCUT2D eigenvalue weighted by atomic mass is 32.2. The third-order valence-corrected chi connectivity index (χ3v) is 7.10. The fourth-order valence-corrected chi connectivity index (χ4v) is 4.71. The lowest BCUT2D eigenvalue weighted by Crippen LogP contribution is -2.15. The van der Waals surface area contributed by atoms with Crippen LogP contribution in [0.15, 0.2) is 65.7 Å². The van der Waals surface area contributed by atoms with Crippen molar-refractivity contribution in [3.8, 4) is 23.0 Å². The van der Waals surface area contributed by atoms with Crippen molar-refractivity contribution in [1.82, 2.24) is 4.98 Å². The topological polar surface area (TPSA) is 78.9 Å². The van der Waals surface area contributed by atoms with Gasteiger partial charge in [0.2, 0.25) is 0 Å². The Kier molecular flexibility index (Phi) is 8.97. The SMILES string of the molecule is COc1cc2nccc(Oc3cc(C)c(NC(=O)OCCCSc4ccc(C)cc4)cc3C)c2cc1OC. The third-order valence-electron chi connectivity index (χ3n) is 6.00. The maximum atomic E-state index is 12.4. The molecule has 0 spiro atoms. The second-order valence-corrected chi connectivity index (χ2v) is 10.0. The van der Waals surface area contributed by atoms with Crippen LogP contribution in [0.5, 0.6) is 23.0 Å². The van der Waals surface area contributed by atoms with Crippen LogP contribution in [0.1, 0.15) is 23.1 Å². The van der Waals surface area contributed by atoms with E-state index in [2.05, 4.69) is 41.5 Å². The van der Waals surface area contributed by atoms with E-state index in [1.165, 1.54) is 10.5 Å². The summed E-state index contributed by atoms with van der Waals surface area (Å²) >= 11 is 1.75. The molecular formula is C30H32N2O5S. The molecule has 0 saturated heterocycles. The van der Waals surface area contributed by atoms with E-state index in [4.69, 9.17) is 18.9 Å². The molecule has 0 aliphatic carbocycles. The molecular weight excluding hydrogens is 500 g/mol. The van der Waals surface area contributed by atoms with Gasteiger partial charge in [-0.1, -0.05) is 17.7 Å². The van der Waals surface area contributed by atoms with Crippen molar-refractivity contribution in [3.05, 3.63) is 77.5 Å². The number of rotatable bonds is 10. The Morgan fingerprint density at radius 2 is 1.61 bits per heavy atom. The molecule has 0 aliphatic rings. The second-order valence-electron chi connectivity index (χ2n) is 8.84. The first-order valence-corrected chi connectivity index (χ1v) is 13.3. The summed E-state index contributed by atoms with van der Waals surface area (Å²) in [7, 11) is 3.18. The molecule has 1 aromatic heterocycles. The zero-order chi connectivity index (χ0) is 27.1. The maximum Gasteiger partial charge on any atom is 0.411 e. The molecule has 0 bridgehead atoms. The number of methoxy groups -OCH3 is 2. The molecule has 198 valence electrons. The van der Waals surface area contributed by atoms with Crippen LogP contribution < -0.4 is 19.5 Å². The number of hydrogen-bond acceptors (Lipinski definition) is 7. The van der Waals surface area contributed by atoms with Gasteiger partial charge in [-0.25, -0.2) is 4.79 Å². The first-order chi connectivity index (χ1) is 18.4. The van der Waals surface area contributed by atoms with E-state index in [0.717, 1.165) is 34.2 Å². The van der Waals surface area contributed by atoms with Gasteiger partial charge >= 0.3 is 6.09 Å². The molecule has 0 saturated carbocycles. The second kappa shape index (κ2) is 12.6. The van der Waals surface area contributed by atoms with Crippen LogP contribution in [0.3, 0.4) is 0 Å². The van der Waals surface area contributed by atoms with Gasteiger partial charge in [-0.3, -0.25) is 10.3 Å². The maximum absolute atomic E-state index is 12.4. The quantitative estimate of drug-likeness (QED) is 0.166. The van der Waals surface area contributed by atoms with Gasteiger partial charge < -0.3 is 18.9 Å². The van der Waals surface area contributed by atoms with Crippen molar-refractivity contribution in [2.75, 3.05) is 31.9 Å². The molecule has 0 radical (unpaired) electrons. The average molecular weight is 533 g/mol. The zero-order valence-electron chi connectivity index (χ0n) is 22.3. The highest BCUT2D eigenvalue weighted by Crippen LogP contribution is 2.38. The normalized spacial score (nSPS) is 10.8. The van der Waals surface area contributed by atoms with E-state index in [9.17, 15) is 4.79 Å². The van der Waals surface area contributed by atoms with E-state index in [-0.39, 0.29) is 0 Å². The Morgan fingerprint density at radius 1 is 0.868 bits per heavy atom. The van der Waals surface area contributed by atoms with E-state index in [1.807, 2.05) is 44.2 Å². The molecule has 4 rings (SSSR count). The standard InChI is InChI=1S/C30H32N2O5S/c1-19-7-9-22(10-8-19)38-14-6-13-36-30(33)32-24-15-21(3)27(16-20(24)2)37-26-11-12-31-25-18-29(35-5)28(34-4)17-23(25)26/h7-12,15-18H,6,13-14H2,1-5H3,(H,32,33). The van der Waals surface area contributed by atoms with Crippen LogP contribution >= 0.6 is 11.8 Å². The van der Waals surface area contributed by atoms with Gasteiger partial charge in [0, 0.05) is 34.0 Å². The first-order valence-electron chi connectivity index (χ1n) is 12.3. The van der Waals surface area contributed by atoms with Gasteiger partial charge in [0.1, 0.15) is 11.5 Å². The summed E-state index contributed by atoms with van der Waals surface area (Å²) in [6, 6.07) is 17.7. The number of anilines is 1. The number of benzene rings is 3. The van der Waals surface area contributed by atoms with Crippen LogP contribution in [0.2, 0.25) is 0 Å². The van der Waals surface area contributed by atoms with Crippen molar-refractivity contribution in [1.29, 1.82) is 0 Å². The van der Waals surface area contributed by atoms with Gasteiger partial charge in [-0.2, -0.15) is 0 Å². The molecule has 0 fully saturated rings. The van der Waals surface area contributed by atoms with Crippen molar-refractivity contribution in [2.24, 2.45) is 0 Å². The number of ether oxygens (including phenoxy) is 4. The summed E-state index contributed by atoms with van der Waals surface area (Å²) in [6.07, 6.45) is 1.99. The summed E-state index contributed by atoms with van der Waals surface area (Å²) in [6.45, 7) is 6.27. The number of thioether (sulfide) groups is 1. The number of pyridine rings is 1. The fraction of sp³-hybridized carbons (Fsp3) is 0.267. The lowest BCUT2D eigenvalue weighted by atomic mass is 10.1. The number of aryl methyl sites for hydroxylation is 3. The van der Waals surface area contributed by atoms with Crippen molar-refractivity contribution in [2.45, 2.75) is 32.1 Å². The lowest BCUT2D eigenvalue weighted by Gasteiger charge is -2.16.